The van der Waals surface area contributed by atoms with Crippen molar-refractivity contribution in [3.05, 3.63) is 308 Å². The fourth-order valence-electron chi connectivity index (χ4n) is 20.4. The average molecular weight is 1990 g/mol. The molecular formula is C109H131F6N9O10SSi4. The average Bonchev–Trinajstić information content (AvgIpc) is 1.56. The van der Waals surface area contributed by atoms with Crippen molar-refractivity contribution in [1.29, 1.82) is 0 Å². The van der Waals surface area contributed by atoms with Crippen LogP contribution in [-0.2, 0) is 88.9 Å². The number of fused-ring (bicyclic) bond motifs is 12. The molecule has 0 radical (unpaired) electrons. The van der Waals surface area contributed by atoms with Crippen LogP contribution < -0.4 is 45.8 Å². The maximum Gasteiger partial charge on any atom is 0.224 e. The number of nitrogens with zero attached hydrogens (tertiary/aromatic N) is 5. The molecular weight excluding hydrogens is 1850 g/mol. The molecule has 4 saturated heterocycles. The molecule has 17 rings (SSSR count). The lowest BCUT2D eigenvalue weighted by atomic mass is 9.76. The van der Waals surface area contributed by atoms with E-state index in [1.807, 2.05) is 81.4 Å². The maximum atomic E-state index is 14.3. The van der Waals surface area contributed by atoms with E-state index in [2.05, 4.69) is 222 Å². The molecule has 30 heteroatoms. The predicted molar refractivity (Wildman–Crippen MR) is 560 cm³/mol. The number of ether oxygens (including phenoxy) is 4. The van der Waals surface area contributed by atoms with E-state index in [0.29, 0.717) is 58.8 Å². The third-order valence-electron chi connectivity index (χ3n) is 28.4. The van der Waals surface area contributed by atoms with Crippen molar-refractivity contribution in [3.8, 4) is 11.1 Å². The van der Waals surface area contributed by atoms with Gasteiger partial charge in [-0.25, -0.2) is 34.8 Å². The summed E-state index contributed by atoms with van der Waals surface area (Å²) in [5.74, 6) is -10.7. The number of rotatable bonds is 31. The van der Waals surface area contributed by atoms with E-state index in [-0.39, 0.29) is 51.6 Å². The Morgan fingerprint density at radius 3 is 1.14 bits per heavy atom. The molecule has 0 spiro atoms. The smallest absolute Gasteiger partial charge is 0.224 e. The van der Waals surface area contributed by atoms with Crippen LogP contribution in [0.2, 0.25) is 24.2 Å². The third-order valence-corrected chi connectivity index (χ3v) is 32.5. The fourth-order valence-corrected chi connectivity index (χ4v) is 23.1. The molecule has 0 bridgehead atoms. The van der Waals surface area contributed by atoms with Crippen molar-refractivity contribution in [3.63, 3.8) is 0 Å². The van der Waals surface area contributed by atoms with Crippen LogP contribution in [0, 0.1) is 34.9 Å². The highest BCUT2D eigenvalue weighted by Gasteiger charge is 2.63. The lowest BCUT2D eigenvalue weighted by Crippen LogP contribution is -2.51. The normalized spacial score (nSPS) is 20.6. The van der Waals surface area contributed by atoms with Gasteiger partial charge in [0, 0.05) is 157 Å². The molecule has 8 aliphatic rings. The molecule has 0 aliphatic carbocycles. The Bertz CT molecular complexity index is 6240. The first-order valence-electron chi connectivity index (χ1n) is 48.5. The van der Waals surface area contributed by atoms with Crippen LogP contribution >= 0.6 is 0 Å². The molecule has 8 heterocycles. The van der Waals surface area contributed by atoms with Gasteiger partial charge in [0.25, 0.3) is 0 Å². The summed E-state index contributed by atoms with van der Waals surface area (Å²) in [6, 6.07) is 62.0. The largest absolute Gasteiger partial charge is 0.378 e. The Balaban J connectivity index is 0.000000148. The summed E-state index contributed by atoms with van der Waals surface area (Å²) in [5.41, 5.74) is 12.1. The van der Waals surface area contributed by atoms with E-state index < -0.39 is 84.1 Å². The number of hydrogen-bond acceptors (Lipinski definition) is 15. The fraction of sp³-hybridized carbons (Fsp3) is 0.376. The van der Waals surface area contributed by atoms with Gasteiger partial charge in [0.15, 0.2) is 56.0 Å². The minimum atomic E-state index is -3.66. The number of nitrogens with one attached hydrogen (secondary N) is 4. The molecule has 4 unspecified atom stereocenters. The molecule has 9 aromatic carbocycles. The second-order valence-electron chi connectivity index (χ2n) is 39.0. The van der Waals surface area contributed by atoms with Crippen LogP contribution in [0.1, 0.15) is 142 Å². The molecule has 4 N–H and O–H groups in total. The molecule has 0 saturated carbocycles. The molecule has 19 nitrogen and oxygen atoms in total. The lowest BCUT2D eigenvalue weighted by molar-refractivity contribution is -0.121. The number of carbonyl (C=O) groups excluding carboxylic acids is 4. The minimum Gasteiger partial charge on any atom is -0.378 e. The topological polar surface area (TPSA) is 204 Å². The summed E-state index contributed by atoms with van der Waals surface area (Å²) in [6.07, 6.45) is 23.4. The first-order valence-corrected chi connectivity index (χ1v) is 55.8. The molecule has 736 valence electrons. The van der Waals surface area contributed by atoms with Gasteiger partial charge in [0.1, 0.15) is 11.7 Å². The van der Waals surface area contributed by atoms with Crippen molar-refractivity contribution in [2.24, 2.45) is 0 Å². The molecule has 8 aliphatic heterocycles. The lowest BCUT2D eigenvalue weighted by Gasteiger charge is -2.39. The Morgan fingerprint density at radius 1 is 0.388 bits per heavy atom. The van der Waals surface area contributed by atoms with Crippen LogP contribution in [0.25, 0.3) is 35.4 Å². The van der Waals surface area contributed by atoms with Gasteiger partial charge in [0.2, 0.25) is 29.4 Å². The summed E-state index contributed by atoms with van der Waals surface area (Å²) >= 11 is 0. The van der Waals surface area contributed by atoms with Gasteiger partial charge >= 0.3 is 0 Å². The summed E-state index contributed by atoms with van der Waals surface area (Å²) in [4.78, 5) is 60.0. The van der Waals surface area contributed by atoms with E-state index in [4.69, 9.17) is 18.9 Å². The zero-order chi connectivity index (χ0) is 99.6. The number of carbonyl (C=O) groups is 4. The summed E-state index contributed by atoms with van der Waals surface area (Å²) in [7, 11) is 4.75. The van der Waals surface area contributed by atoms with E-state index in [1.165, 1.54) is 78.7 Å². The van der Waals surface area contributed by atoms with Crippen molar-refractivity contribution in [2.75, 3.05) is 117 Å². The summed E-state index contributed by atoms with van der Waals surface area (Å²) in [6.45, 7) is 24.2. The Labute approximate surface area is 826 Å². The van der Waals surface area contributed by atoms with Crippen LogP contribution in [0.4, 0.5) is 54.8 Å². The van der Waals surface area contributed by atoms with Gasteiger partial charge in [-0.2, -0.15) is 0 Å². The van der Waals surface area contributed by atoms with Gasteiger partial charge in [-0.1, -0.05) is 225 Å². The number of anilines is 5. The van der Waals surface area contributed by atoms with Crippen molar-refractivity contribution in [1.82, 2.24) is 21.3 Å². The number of benzene rings is 9. The van der Waals surface area contributed by atoms with Crippen LogP contribution in [0.5, 0.6) is 0 Å². The van der Waals surface area contributed by atoms with E-state index in [9.17, 15) is 53.9 Å². The van der Waals surface area contributed by atoms with Crippen LogP contribution in [-0.4, -0.2) is 188 Å². The highest BCUT2D eigenvalue weighted by molar-refractivity contribution is 7.91. The number of hydrogen-bond donors (Lipinski definition) is 4. The first-order chi connectivity index (χ1) is 66.4. The Morgan fingerprint density at radius 2 is 0.741 bits per heavy atom. The Hall–Kier alpha value is -11.2. The van der Waals surface area contributed by atoms with E-state index in [0.717, 1.165) is 158 Å². The van der Waals surface area contributed by atoms with Crippen molar-refractivity contribution in [2.45, 2.75) is 174 Å². The molecule has 4 amide bonds. The molecule has 9 aromatic rings. The molecule has 0 aromatic heterocycles. The zero-order valence-corrected chi connectivity index (χ0v) is 91.1. The number of allylic oxidation sites excluding steroid dienone is 2. The first kappa shape index (κ1) is 104. The molecule has 4 fully saturated rings. The second-order valence-corrected chi connectivity index (χ2v) is 45.0. The summed E-state index contributed by atoms with van der Waals surface area (Å²) < 4.78 is 134. The number of sulfone groups is 1. The standard InChI is InChI=1S/C31H36N2O2Si.C28H37N3O4SSi.C25H27F5N2O2Si.C25H31FN2O2Si/c1-30(2)27-21-24(22-29(34)32-17-6-20-36)11-14-28(27)33-18-19-35-31(30,33)16-15-23-9-12-26(13-10-23)25-7-4-3-5-8-25;1-27(2)24-19-23(36(33,34)20-29-26(32)14-18-37)12-13-25(24)31-16-17-35-28(27,31)15-6-5-7-21-8-10-22(11-9-21)30(3)4;1-24(2)16-12-14(13-18(33)31-8-3-11-35)4-5-17(16)32-9-10-34-25(24,32)7-6-15-19(26)21(28)23(30)22(29)20(15)27;1-24(2)21-16-19(17-23(29)27-12-3-15-31)6-9-22(21)28-13-14-30-25(24,28)11-10-18-4-7-20(26)8-5-18/h3-5,7-16,21H,6,17-20,22H2,1-2,36H3,(H,32,34);5-13,15,19H,14,16-18,20H2,1-4,37H3,(H,29,32);4-7,12H,3,8-11,13H2,1-2,35H3,(H,31,33);4-11,16H,3,12-15,17H2,1-2,31H3,(H,27,29)/b16-15+;7-5+,15-6+;7-6+;11-10+. The monoisotopic (exact) mass is 1980 g/mol. The van der Waals surface area contributed by atoms with Gasteiger partial charge in [0.05, 0.1) is 56.1 Å². The minimum absolute atomic E-state index is 0.0754. The van der Waals surface area contributed by atoms with Crippen LogP contribution in [0.3, 0.4) is 0 Å². The SMILES string of the molecule is CC1(C)c2cc(CC(=O)NCCC[SiH3])ccc2N2CCOC21/C=C/c1c(F)c(F)c(F)c(F)c1F.CC1(C)c2cc(CC(=O)NCCC[SiH3])ccc2N2CCOC21/C=C/c1ccc(-c2ccccc2)cc1.CC1(C)c2cc(CC(=O)NCCC[SiH3])ccc2N2CCOC21/C=C/c1ccc(F)cc1.CN(C)c1ccc(/C=C/C=C/C23OCCN2c2ccc(S(=O)(=O)CNC(=O)CC[SiH3])cc2C3(C)C)cc1. The Kier molecular flexibility index (Phi) is 32.4. The zero-order valence-electron chi connectivity index (χ0n) is 82.3. The van der Waals surface area contributed by atoms with E-state index in [1.54, 1.807) is 24.3 Å². The highest BCUT2D eigenvalue weighted by Crippen LogP contribution is 2.60. The van der Waals surface area contributed by atoms with E-state index >= 15 is 0 Å². The quantitative estimate of drug-likeness (QED) is 0.00797. The summed E-state index contributed by atoms with van der Waals surface area (Å²) in [5, 5.41) is 11.5. The van der Waals surface area contributed by atoms with Crippen LogP contribution in [0.15, 0.2) is 217 Å². The van der Waals surface area contributed by atoms with Gasteiger partial charge in [-0.05, 0) is 177 Å². The van der Waals surface area contributed by atoms with Gasteiger partial charge in [-0.15, -0.1) is 0 Å². The van der Waals surface area contributed by atoms with Gasteiger partial charge < -0.3 is 64.7 Å². The molecule has 4 atom stereocenters. The van der Waals surface area contributed by atoms with Crippen molar-refractivity contribution < 1.29 is 72.9 Å². The van der Waals surface area contributed by atoms with Crippen molar-refractivity contribution >= 4 is 127 Å². The number of amides is 4. The number of halogens is 6. The molecule has 139 heavy (non-hydrogen) atoms. The van der Waals surface area contributed by atoms with Gasteiger partial charge in [-0.3, -0.25) is 19.2 Å². The highest BCUT2D eigenvalue weighted by atomic mass is 32.2. The third kappa shape index (κ3) is 21.0. The second kappa shape index (κ2) is 43.5. The predicted octanol–water partition coefficient (Wildman–Crippen LogP) is 14.5. The maximum absolute atomic E-state index is 14.3.